The normalized spacial score (nSPS) is 17.7. The van der Waals surface area contributed by atoms with Crippen molar-refractivity contribution >= 4 is 10.0 Å². The van der Waals surface area contributed by atoms with E-state index in [1.165, 1.54) is 12.1 Å². The number of aliphatic hydroxyl groups is 1. The Morgan fingerprint density at radius 2 is 2.17 bits per heavy atom. The van der Waals surface area contributed by atoms with Gasteiger partial charge in [0.1, 0.15) is 5.82 Å². The second kappa shape index (κ2) is 4.95. The van der Waals surface area contributed by atoms with Crippen LogP contribution in [0.2, 0.25) is 0 Å². The highest BCUT2D eigenvalue weighted by atomic mass is 32.2. The number of hydrogen-bond acceptors (Lipinski definition) is 3. The first kappa shape index (κ1) is 13.5. The van der Waals surface area contributed by atoms with Crippen LogP contribution in [0.1, 0.15) is 18.4 Å². The summed E-state index contributed by atoms with van der Waals surface area (Å²) < 4.78 is 39.3. The largest absolute Gasteiger partial charge is 0.391 e. The van der Waals surface area contributed by atoms with E-state index in [2.05, 4.69) is 4.72 Å². The SMILES string of the molecule is Cc1ccc(S(=O)(=O)NCC(O)C2CC2)cc1F. The van der Waals surface area contributed by atoms with Gasteiger partial charge in [-0.25, -0.2) is 17.5 Å². The average molecular weight is 273 g/mol. The highest BCUT2D eigenvalue weighted by Crippen LogP contribution is 2.32. The molecule has 0 aliphatic heterocycles. The second-order valence-corrected chi connectivity index (χ2v) is 6.43. The molecule has 0 bridgehead atoms. The van der Waals surface area contributed by atoms with Gasteiger partial charge in [0.25, 0.3) is 0 Å². The molecule has 1 saturated carbocycles. The van der Waals surface area contributed by atoms with Crippen molar-refractivity contribution < 1.29 is 17.9 Å². The van der Waals surface area contributed by atoms with Crippen molar-refractivity contribution in [3.8, 4) is 0 Å². The van der Waals surface area contributed by atoms with Crippen LogP contribution in [0.5, 0.6) is 0 Å². The van der Waals surface area contributed by atoms with Crippen molar-refractivity contribution in [1.82, 2.24) is 4.72 Å². The average Bonchev–Trinajstić information content (AvgIpc) is 3.13. The van der Waals surface area contributed by atoms with E-state index in [0.717, 1.165) is 18.9 Å². The predicted octanol–water partition coefficient (Wildman–Crippen LogP) is 1.18. The van der Waals surface area contributed by atoms with E-state index in [0.29, 0.717) is 5.56 Å². The van der Waals surface area contributed by atoms with Crippen LogP contribution in [0, 0.1) is 18.7 Å². The minimum Gasteiger partial charge on any atom is -0.391 e. The molecule has 0 amide bonds. The highest BCUT2D eigenvalue weighted by molar-refractivity contribution is 7.89. The monoisotopic (exact) mass is 273 g/mol. The van der Waals surface area contributed by atoms with E-state index in [4.69, 9.17) is 0 Å². The standard InChI is InChI=1S/C12H16FNO3S/c1-8-2-5-10(6-11(8)13)18(16,17)14-7-12(15)9-3-4-9/h2,5-6,9,12,14-15H,3-4,7H2,1H3. The Kier molecular flexibility index (Phi) is 3.70. The zero-order valence-corrected chi connectivity index (χ0v) is 10.9. The predicted molar refractivity (Wildman–Crippen MR) is 65.1 cm³/mol. The summed E-state index contributed by atoms with van der Waals surface area (Å²) in [5.41, 5.74) is 0.395. The summed E-state index contributed by atoms with van der Waals surface area (Å²) in [5.74, 6) is -0.358. The summed E-state index contributed by atoms with van der Waals surface area (Å²) in [5, 5.41) is 9.60. The Labute approximate surface area is 106 Å². The first-order chi connectivity index (χ1) is 8.40. The van der Waals surface area contributed by atoms with E-state index < -0.39 is 21.9 Å². The molecule has 1 aliphatic carbocycles. The lowest BCUT2D eigenvalue weighted by Crippen LogP contribution is -2.33. The molecule has 0 spiro atoms. The first-order valence-electron chi connectivity index (χ1n) is 5.84. The van der Waals surface area contributed by atoms with E-state index in [1.807, 2.05) is 0 Å². The third-order valence-electron chi connectivity index (χ3n) is 3.10. The maximum atomic E-state index is 13.3. The molecule has 18 heavy (non-hydrogen) atoms. The van der Waals surface area contributed by atoms with Crippen molar-refractivity contribution in [2.45, 2.75) is 30.8 Å². The van der Waals surface area contributed by atoms with Gasteiger partial charge in [0.05, 0.1) is 11.0 Å². The first-order valence-corrected chi connectivity index (χ1v) is 7.32. The van der Waals surface area contributed by atoms with Crippen LogP contribution >= 0.6 is 0 Å². The molecule has 1 atom stereocenters. The maximum Gasteiger partial charge on any atom is 0.240 e. The Morgan fingerprint density at radius 3 is 2.72 bits per heavy atom. The van der Waals surface area contributed by atoms with Gasteiger partial charge in [0.15, 0.2) is 0 Å². The van der Waals surface area contributed by atoms with Gasteiger partial charge in [-0.3, -0.25) is 0 Å². The molecule has 0 saturated heterocycles. The Hall–Kier alpha value is -0.980. The molecule has 1 unspecified atom stereocenters. The summed E-state index contributed by atoms with van der Waals surface area (Å²) in [6.45, 7) is 1.54. The molecule has 0 radical (unpaired) electrons. The second-order valence-electron chi connectivity index (χ2n) is 4.67. The summed E-state index contributed by atoms with van der Waals surface area (Å²) in [7, 11) is -3.75. The lowest BCUT2D eigenvalue weighted by molar-refractivity contribution is 0.155. The maximum absolute atomic E-state index is 13.3. The summed E-state index contributed by atoms with van der Waals surface area (Å²) in [6.07, 6.45) is 1.21. The van der Waals surface area contributed by atoms with Crippen LogP contribution in [0.25, 0.3) is 0 Å². The number of aryl methyl sites for hydroxylation is 1. The van der Waals surface area contributed by atoms with E-state index in [1.54, 1.807) is 6.92 Å². The summed E-state index contributed by atoms with van der Waals surface area (Å²) >= 11 is 0. The third-order valence-corrected chi connectivity index (χ3v) is 4.52. The van der Waals surface area contributed by atoms with Crippen LogP contribution < -0.4 is 4.72 Å². The van der Waals surface area contributed by atoms with Crippen molar-refractivity contribution in [3.63, 3.8) is 0 Å². The summed E-state index contributed by atoms with van der Waals surface area (Å²) in [6, 6.07) is 3.76. The Balaban J connectivity index is 2.07. The van der Waals surface area contributed by atoms with Crippen LogP contribution in [-0.2, 0) is 10.0 Å². The molecule has 1 aromatic carbocycles. The molecule has 4 nitrogen and oxygen atoms in total. The van der Waals surface area contributed by atoms with Crippen LogP contribution in [0.4, 0.5) is 4.39 Å². The molecule has 6 heteroatoms. The van der Waals surface area contributed by atoms with Crippen molar-refractivity contribution in [3.05, 3.63) is 29.6 Å². The van der Waals surface area contributed by atoms with Crippen molar-refractivity contribution in [2.75, 3.05) is 6.54 Å². The Bertz CT molecular complexity index is 540. The molecule has 1 aromatic rings. The number of sulfonamides is 1. The number of benzene rings is 1. The molecule has 1 fully saturated rings. The van der Waals surface area contributed by atoms with Crippen LogP contribution in [0.3, 0.4) is 0 Å². The molecule has 0 heterocycles. The topological polar surface area (TPSA) is 66.4 Å². The fourth-order valence-corrected chi connectivity index (χ4v) is 2.73. The van der Waals surface area contributed by atoms with Gasteiger partial charge in [-0.05, 0) is 43.4 Å². The molecule has 100 valence electrons. The van der Waals surface area contributed by atoms with Gasteiger partial charge in [0.2, 0.25) is 10.0 Å². The molecule has 0 aromatic heterocycles. The quantitative estimate of drug-likeness (QED) is 0.846. The lowest BCUT2D eigenvalue weighted by Gasteiger charge is -2.11. The van der Waals surface area contributed by atoms with Gasteiger partial charge < -0.3 is 5.11 Å². The third kappa shape index (κ3) is 3.07. The Morgan fingerprint density at radius 1 is 1.50 bits per heavy atom. The van der Waals surface area contributed by atoms with Gasteiger partial charge in [-0.15, -0.1) is 0 Å². The minimum absolute atomic E-state index is 0.0253. The van der Waals surface area contributed by atoms with Gasteiger partial charge >= 0.3 is 0 Å². The van der Waals surface area contributed by atoms with Crippen molar-refractivity contribution in [2.24, 2.45) is 5.92 Å². The number of halogens is 1. The molecular formula is C12H16FNO3S. The van der Waals surface area contributed by atoms with Crippen LogP contribution in [-0.4, -0.2) is 26.2 Å². The number of nitrogens with one attached hydrogen (secondary N) is 1. The lowest BCUT2D eigenvalue weighted by atomic mass is 10.2. The zero-order valence-electron chi connectivity index (χ0n) is 10.1. The molecule has 1 aliphatic rings. The molecule has 2 rings (SSSR count). The highest BCUT2D eigenvalue weighted by Gasteiger charge is 2.30. The minimum atomic E-state index is -3.75. The van der Waals surface area contributed by atoms with Crippen LogP contribution in [0.15, 0.2) is 23.1 Å². The fourth-order valence-electron chi connectivity index (χ4n) is 1.67. The zero-order chi connectivity index (χ0) is 13.3. The van der Waals surface area contributed by atoms with E-state index >= 15 is 0 Å². The smallest absolute Gasteiger partial charge is 0.240 e. The molecular weight excluding hydrogens is 257 g/mol. The van der Waals surface area contributed by atoms with E-state index in [-0.39, 0.29) is 17.4 Å². The fraction of sp³-hybridized carbons (Fsp3) is 0.500. The van der Waals surface area contributed by atoms with E-state index in [9.17, 15) is 17.9 Å². The number of rotatable bonds is 5. The number of hydrogen-bond donors (Lipinski definition) is 2. The van der Waals surface area contributed by atoms with Gasteiger partial charge in [-0.1, -0.05) is 6.07 Å². The van der Waals surface area contributed by atoms with Crippen molar-refractivity contribution in [1.29, 1.82) is 0 Å². The van der Waals surface area contributed by atoms with Gasteiger partial charge in [0, 0.05) is 6.54 Å². The van der Waals surface area contributed by atoms with Gasteiger partial charge in [-0.2, -0.15) is 0 Å². The number of aliphatic hydroxyl groups excluding tert-OH is 1. The summed E-state index contributed by atoms with van der Waals surface area (Å²) in [4.78, 5) is -0.117. The molecule has 2 N–H and O–H groups in total.